The Labute approximate surface area is 206 Å². The highest BCUT2D eigenvalue weighted by atomic mass is 16.5. The molecule has 0 fully saturated rings. The molecule has 2 aromatic carbocycles. The van der Waals surface area contributed by atoms with Crippen LogP contribution in [0.2, 0.25) is 0 Å². The maximum absolute atomic E-state index is 5.48. The third kappa shape index (κ3) is 8.55. The van der Waals surface area contributed by atoms with E-state index in [1.807, 2.05) is 18.2 Å². The molecular weight excluding hydrogens is 418 g/mol. The molecule has 0 aromatic heterocycles. The van der Waals surface area contributed by atoms with E-state index in [-0.39, 0.29) is 0 Å². The lowest BCUT2D eigenvalue weighted by atomic mass is 9.98. The Bertz CT molecular complexity index is 1050. The number of aryl methyl sites for hydroxylation is 3. The lowest BCUT2D eigenvalue weighted by Crippen LogP contribution is -1.96. The van der Waals surface area contributed by atoms with Crippen molar-refractivity contribution in [3.05, 3.63) is 107 Å². The fraction of sp³-hybridized carbons (Fsp3) is 0.323. The predicted molar refractivity (Wildman–Crippen MR) is 146 cm³/mol. The topological polar surface area (TPSA) is 30.8 Å². The highest BCUT2D eigenvalue weighted by Gasteiger charge is 2.10. The van der Waals surface area contributed by atoms with Gasteiger partial charge in [-0.25, -0.2) is 0 Å². The molecule has 3 heteroatoms. The summed E-state index contributed by atoms with van der Waals surface area (Å²) in [6.45, 7) is 12.3. The summed E-state index contributed by atoms with van der Waals surface area (Å²) >= 11 is 0. The average molecular weight is 458 g/mol. The minimum absolute atomic E-state index is 0.864. The second-order valence-corrected chi connectivity index (χ2v) is 8.62. The summed E-state index contributed by atoms with van der Waals surface area (Å²) in [6, 6.07) is 14.4. The van der Waals surface area contributed by atoms with Gasteiger partial charge in [0.2, 0.25) is 0 Å². The zero-order chi connectivity index (χ0) is 24.9. The third-order valence-corrected chi connectivity index (χ3v) is 5.72. The Balaban J connectivity index is 0.000000430. The smallest absolute Gasteiger partial charge is 0.122 e. The molecule has 1 aliphatic heterocycles. The van der Waals surface area contributed by atoms with Gasteiger partial charge in [-0.2, -0.15) is 0 Å². The number of ether oxygens (including phenoxy) is 2. The quantitative estimate of drug-likeness (QED) is 0.420. The molecule has 0 N–H and O–H groups in total. The number of hydrogen-bond acceptors (Lipinski definition) is 3. The number of nitrogens with zero attached hydrogens (tertiary/aromatic N) is 1. The number of hydrogen-bond donors (Lipinski definition) is 0. The van der Waals surface area contributed by atoms with E-state index in [0.717, 1.165) is 48.6 Å². The fourth-order valence-electron chi connectivity index (χ4n) is 3.74. The van der Waals surface area contributed by atoms with E-state index in [1.54, 1.807) is 20.3 Å². The summed E-state index contributed by atoms with van der Waals surface area (Å²) < 4.78 is 10.8. The molecule has 34 heavy (non-hydrogen) atoms. The lowest BCUT2D eigenvalue weighted by molar-refractivity contribution is 0.398. The van der Waals surface area contributed by atoms with Crippen molar-refractivity contribution in [2.75, 3.05) is 14.2 Å². The van der Waals surface area contributed by atoms with Crippen LogP contribution in [0.15, 0.2) is 95.2 Å². The second kappa shape index (κ2) is 14.0. The van der Waals surface area contributed by atoms with Crippen LogP contribution >= 0.6 is 0 Å². The monoisotopic (exact) mass is 457 g/mol. The van der Waals surface area contributed by atoms with Gasteiger partial charge in [0.1, 0.15) is 11.5 Å². The molecule has 3 rings (SSSR count). The third-order valence-electron chi connectivity index (χ3n) is 5.72. The zero-order valence-electron chi connectivity index (χ0n) is 21.7. The SMILES string of the molecule is C=C/C=C1/N=C(C)CC=C/C1=C(/C)CCCc1cc(OC)ccc1OC.Cc1ccc(C)cc1. The average Bonchev–Trinajstić information content (AvgIpc) is 3.02. The number of methoxy groups -OCH3 is 2. The highest BCUT2D eigenvalue weighted by molar-refractivity contribution is 5.85. The Morgan fingerprint density at radius 3 is 2.26 bits per heavy atom. The molecular formula is C31H39NO2. The molecule has 1 aliphatic rings. The van der Waals surface area contributed by atoms with E-state index in [0.29, 0.717) is 0 Å². The molecule has 3 nitrogen and oxygen atoms in total. The van der Waals surface area contributed by atoms with Crippen LogP contribution in [0.4, 0.5) is 0 Å². The predicted octanol–water partition coefficient (Wildman–Crippen LogP) is 8.14. The van der Waals surface area contributed by atoms with Crippen molar-refractivity contribution in [2.24, 2.45) is 4.99 Å². The van der Waals surface area contributed by atoms with Crippen molar-refractivity contribution in [3.63, 3.8) is 0 Å². The van der Waals surface area contributed by atoms with E-state index in [1.165, 1.54) is 27.8 Å². The number of rotatable bonds is 7. The van der Waals surface area contributed by atoms with Crippen molar-refractivity contribution in [1.82, 2.24) is 0 Å². The number of aliphatic imine (C=N–C) groups is 1. The highest BCUT2D eigenvalue weighted by Crippen LogP contribution is 2.28. The van der Waals surface area contributed by atoms with Crippen LogP contribution in [0.1, 0.15) is 49.8 Å². The molecule has 0 radical (unpaired) electrons. The van der Waals surface area contributed by atoms with Crippen molar-refractivity contribution < 1.29 is 9.47 Å². The first kappa shape index (κ1) is 26.9. The van der Waals surface area contributed by atoms with Gasteiger partial charge in [0, 0.05) is 12.1 Å². The van der Waals surface area contributed by atoms with Crippen molar-refractivity contribution in [3.8, 4) is 11.5 Å². The largest absolute Gasteiger partial charge is 0.497 e. The van der Waals surface area contributed by atoms with Crippen LogP contribution in [-0.2, 0) is 6.42 Å². The minimum Gasteiger partial charge on any atom is -0.497 e. The Kier molecular flexibility index (Phi) is 11.1. The van der Waals surface area contributed by atoms with Crippen molar-refractivity contribution >= 4 is 5.71 Å². The Morgan fingerprint density at radius 1 is 1.00 bits per heavy atom. The number of benzene rings is 2. The van der Waals surface area contributed by atoms with Gasteiger partial charge in [-0.1, -0.05) is 65.8 Å². The maximum atomic E-state index is 5.48. The fourth-order valence-corrected chi connectivity index (χ4v) is 3.74. The summed E-state index contributed by atoms with van der Waals surface area (Å²) in [5, 5.41) is 0. The van der Waals surface area contributed by atoms with Crippen LogP contribution in [0.5, 0.6) is 11.5 Å². The first-order valence-corrected chi connectivity index (χ1v) is 11.9. The van der Waals surface area contributed by atoms with Gasteiger partial charge in [0.25, 0.3) is 0 Å². The maximum Gasteiger partial charge on any atom is 0.122 e. The van der Waals surface area contributed by atoms with Gasteiger partial charge in [0.15, 0.2) is 0 Å². The van der Waals surface area contributed by atoms with Crippen LogP contribution in [0.3, 0.4) is 0 Å². The summed E-state index contributed by atoms with van der Waals surface area (Å²) in [5.74, 6) is 1.78. The van der Waals surface area contributed by atoms with Crippen LogP contribution < -0.4 is 9.47 Å². The van der Waals surface area contributed by atoms with Crippen LogP contribution in [0, 0.1) is 13.8 Å². The van der Waals surface area contributed by atoms with Gasteiger partial charge in [0.05, 0.1) is 19.9 Å². The van der Waals surface area contributed by atoms with Gasteiger partial charge in [-0.05, 0) is 82.4 Å². The Hall–Kier alpha value is -3.33. The molecule has 0 aliphatic carbocycles. The standard InChI is InChI=1S/C23H29NO2.C8H10/c1-6-9-22-21(13-8-11-18(3)24-22)17(2)10-7-12-19-16-20(25-4)14-15-23(19)26-5;1-7-3-5-8(2)6-4-7/h6,8-9,13-16H,1,7,10-12H2,2-5H3;3-6H,1-2H3/b21-17+,22-9+;. The van der Waals surface area contributed by atoms with E-state index in [4.69, 9.17) is 14.5 Å². The van der Waals surface area contributed by atoms with Crippen LogP contribution in [-0.4, -0.2) is 19.9 Å². The van der Waals surface area contributed by atoms with Crippen molar-refractivity contribution in [1.29, 1.82) is 0 Å². The molecule has 0 amide bonds. The van der Waals surface area contributed by atoms with Gasteiger partial charge in [-0.3, -0.25) is 4.99 Å². The van der Waals surface area contributed by atoms with E-state index in [2.05, 4.69) is 76.8 Å². The molecule has 0 spiro atoms. The molecule has 0 bridgehead atoms. The van der Waals surface area contributed by atoms with E-state index >= 15 is 0 Å². The van der Waals surface area contributed by atoms with Crippen LogP contribution in [0.25, 0.3) is 0 Å². The first-order chi connectivity index (χ1) is 16.4. The van der Waals surface area contributed by atoms with Gasteiger partial charge in [-0.15, -0.1) is 0 Å². The van der Waals surface area contributed by atoms with Gasteiger partial charge >= 0.3 is 0 Å². The lowest BCUT2D eigenvalue weighted by Gasteiger charge is -2.12. The molecule has 180 valence electrons. The summed E-state index contributed by atoms with van der Waals surface area (Å²) in [5.41, 5.74) is 8.51. The molecule has 0 atom stereocenters. The summed E-state index contributed by atoms with van der Waals surface area (Å²) in [4.78, 5) is 4.73. The molecule has 1 heterocycles. The minimum atomic E-state index is 0.864. The molecule has 0 saturated carbocycles. The zero-order valence-corrected chi connectivity index (χ0v) is 21.7. The normalized spacial score (nSPS) is 15.6. The summed E-state index contributed by atoms with van der Waals surface area (Å²) in [7, 11) is 3.40. The summed E-state index contributed by atoms with van der Waals surface area (Å²) in [6.07, 6.45) is 12.1. The second-order valence-electron chi connectivity index (χ2n) is 8.62. The van der Waals surface area contributed by atoms with Crippen molar-refractivity contribution in [2.45, 2.75) is 53.4 Å². The van der Waals surface area contributed by atoms with Gasteiger partial charge < -0.3 is 9.47 Å². The molecule has 2 aromatic rings. The van der Waals surface area contributed by atoms with E-state index in [9.17, 15) is 0 Å². The molecule has 0 unspecified atom stereocenters. The van der Waals surface area contributed by atoms with E-state index < -0.39 is 0 Å². The number of allylic oxidation sites excluding steroid dienone is 5. The Morgan fingerprint density at radius 2 is 1.68 bits per heavy atom. The first-order valence-electron chi connectivity index (χ1n) is 11.9. The molecule has 0 saturated heterocycles.